The number of aromatic nitrogens is 3. The van der Waals surface area contributed by atoms with Gasteiger partial charge in [-0.3, -0.25) is 9.78 Å². The van der Waals surface area contributed by atoms with Gasteiger partial charge in [-0.15, -0.1) is 0 Å². The van der Waals surface area contributed by atoms with Crippen LogP contribution in [0.5, 0.6) is 0 Å². The Morgan fingerprint density at radius 2 is 1.88 bits per heavy atom. The molecule has 0 atom stereocenters. The summed E-state index contributed by atoms with van der Waals surface area (Å²) in [5.41, 5.74) is 3.71. The van der Waals surface area contributed by atoms with Gasteiger partial charge in [0.15, 0.2) is 0 Å². The lowest BCUT2D eigenvalue weighted by molar-refractivity contribution is 0.0303. The number of imidazole rings is 1. The molecule has 132 valence electrons. The number of carbonyl (C=O) groups excluding carboxylic acids is 1. The molecule has 0 spiro atoms. The highest BCUT2D eigenvalue weighted by molar-refractivity contribution is 5.94. The molecule has 6 heteroatoms. The molecule has 1 aliphatic heterocycles. The Kier molecular flexibility index (Phi) is 4.75. The van der Waals surface area contributed by atoms with Gasteiger partial charge >= 0.3 is 0 Å². The second-order valence-electron chi connectivity index (χ2n) is 6.27. The number of amides is 1. The van der Waals surface area contributed by atoms with Crippen molar-refractivity contribution in [2.45, 2.75) is 6.54 Å². The van der Waals surface area contributed by atoms with Gasteiger partial charge in [0, 0.05) is 49.4 Å². The van der Waals surface area contributed by atoms with Crippen molar-refractivity contribution in [3.8, 4) is 11.3 Å². The fourth-order valence-corrected chi connectivity index (χ4v) is 3.01. The number of carbonyl (C=O) groups is 1. The van der Waals surface area contributed by atoms with Crippen molar-refractivity contribution in [1.29, 1.82) is 0 Å². The predicted molar refractivity (Wildman–Crippen MR) is 97.7 cm³/mol. The van der Waals surface area contributed by atoms with Crippen molar-refractivity contribution >= 4 is 5.91 Å². The molecule has 0 saturated carbocycles. The minimum Gasteiger partial charge on any atom is -0.378 e. The zero-order valence-corrected chi connectivity index (χ0v) is 14.4. The van der Waals surface area contributed by atoms with Crippen LogP contribution in [0.15, 0.2) is 61.3 Å². The molecule has 4 rings (SSSR count). The van der Waals surface area contributed by atoms with Gasteiger partial charge in [-0.1, -0.05) is 18.2 Å². The number of hydrogen-bond donors (Lipinski definition) is 0. The van der Waals surface area contributed by atoms with Gasteiger partial charge in [-0.25, -0.2) is 4.98 Å². The molecule has 0 radical (unpaired) electrons. The van der Waals surface area contributed by atoms with Crippen LogP contribution in [0.4, 0.5) is 0 Å². The van der Waals surface area contributed by atoms with Crippen molar-refractivity contribution in [3.05, 3.63) is 72.4 Å². The SMILES string of the molecule is O=C(c1ccc(-c2ccc(Cn3ccnc3)cn2)cc1)N1CCOCC1. The highest BCUT2D eigenvalue weighted by atomic mass is 16.5. The lowest BCUT2D eigenvalue weighted by atomic mass is 10.1. The van der Waals surface area contributed by atoms with Gasteiger partial charge in [0.2, 0.25) is 0 Å². The molecule has 0 aliphatic carbocycles. The first kappa shape index (κ1) is 16.5. The van der Waals surface area contributed by atoms with E-state index in [2.05, 4.69) is 16.0 Å². The molecule has 0 bridgehead atoms. The minimum absolute atomic E-state index is 0.0588. The Hall–Kier alpha value is -2.99. The monoisotopic (exact) mass is 348 g/mol. The standard InChI is InChI=1S/C20H20N4O2/c25-20(24-9-11-26-12-10-24)18-4-2-17(3-5-18)19-6-1-16(13-22-19)14-23-8-7-21-15-23/h1-8,13,15H,9-12,14H2. The second kappa shape index (κ2) is 7.49. The molecule has 0 unspecified atom stereocenters. The predicted octanol–water partition coefficient (Wildman–Crippen LogP) is 2.47. The average molecular weight is 348 g/mol. The summed E-state index contributed by atoms with van der Waals surface area (Å²) in [5, 5.41) is 0. The number of morpholine rings is 1. The van der Waals surface area contributed by atoms with Crippen LogP contribution in [-0.4, -0.2) is 51.6 Å². The maximum atomic E-state index is 12.5. The highest BCUT2D eigenvalue weighted by Gasteiger charge is 2.18. The number of hydrogen-bond acceptors (Lipinski definition) is 4. The van der Waals surface area contributed by atoms with Crippen LogP contribution in [0.3, 0.4) is 0 Å². The van der Waals surface area contributed by atoms with Crippen LogP contribution in [0.25, 0.3) is 11.3 Å². The summed E-state index contributed by atoms with van der Waals surface area (Å²) in [6.07, 6.45) is 7.36. The molecule has 1 saturated heterocycles. The Bertz CT molecular complexity index is 852. The van der Waals surface area contributed by atoms with E-state index in [-0.39, 0.29) is 5.91 Å². The largest absolute Gasteiger partial charge is 0.378 e. The summed E-state index contributed by atoms with van der Waals surface area (Å²) in [6, 6.07) is 11.7. The number of benzene rings is 1. The highest BCUT2D eigenvalue weighted by Crippen LogP contribution is 2.19. The van der Waals surface area contributed by atoms with Crippen LogP contribution < -0.4 is 0 Å². The Morgan fingerprint density at radius 3 is 2.54 bits per heavy atom. The van der Waals surface area contributed by atoms with Crippen LogP contribution in [-0.2, 0) is 11.3 Å². The first-order chi connectivity index (χ1) is 12.8. The molecule has 3 heterocycles. The van der Waals surface area contributed by atoms with Crippen molar-refractivity contribution < 1.29 is 9.53 Å². The van der Waals surface area contributed by atoms with E-state index >= 15 is 0 Å². The van der Waals surface area contributed by atoms with E-state index in [9.17, 15) is 4.79 Å². The third-order valence-corrected chi connectivity index (χ3v) is 4.47. The maximum Gasteiger partial charge on any atom is 0.254 e. The van der Waals surface area contributed by atoms with E-state index in [4.69, 9.17) is 4.74 Å². The Balaban J connectivity index is 1.45. The fraction of sp³-hybridized carbons (Fsp3) is 0.250. The first-order valence-corrected chi connectivity index (χ1v) is 8.68. The van der Waals surface area contributed by atoms with Crippen molar-refractivity contribution in [1.82, 2.24) is 19.4 Å². The lowest BCUT2D eigenvalue weighted by Gasteiger charge is -2.26. The molecule has 26 heavy (non-hydrogen) atoms. The van der Waals surface area contributed by atoms with Crippen molar-refractivity contribution in [3.63, 3.8) is 0 Å². The molecule has 3 aromatic rings. The zero-order valence-electron chi connectivity index (χ0n) is 14.4. The summed E-state index contributed by atoms with van der Waals surface area (Å²) >= 11 is 0. The van der Waals surface area contributed by atoms with Crippen LogP contribution in [0.2, 0.25) is 0 Å². The molecular formula is C20H20N4O2. The van der Waals surface area contributed by atoms with Gasteiger partial charge in [-0.2, -0.15) is 0 Å². The van der Waals surface area contributed by atoms with E-state index in [1.165, 1.54) is 0 Å². The number of rotatable bonds is 4. The molecule has 1 aliphatic rings. The summed E-state index contributed by atoms with van der Waals surface area (Å²) < 4.78 is 7.30. The normalized spacial score (nSPS) is 14.4. The van der Waals surface area contributed by atoms with Crippen LogP contribution in [0.1, 0.15) is 15.9 Å². The summed E-state index contributed by atoms with van der Waals surface area (Å²) in [7, 11) is 0. The van der Waals surface area contributed by atoms with Crippen molar-refractivity contribution in [2.24, 2.45) is 0 Å². The average Bonchev–Trinajstić information content (AvgIpc) is 3.22. The summed E-state index contributed by atoms with van der Waals surface area (Å²) in [4.78, 5) is 22.9. The van der Waals surface area contributed by atoms with Crippen LogP contribution >= 0.6 is 0 Å². The van der Waals surface area contributed by atoms with E-state index < -0.39 is 0 Å². The zero-order chi connectivity index (χ0) is 17.8. The van der Waals surface area contributed by atoms with E-state index in [1.54, 1.807) is 12.5 Å². The van der Waals surface area contributed by atoms with Crippen molar-refractivity contribution in [2.75, 3.05) is 26.3 Å². The van der Waals surface area contributed by atoms with E-state index in [0.29, 0.717) is 31.9 Å². The maximum absolute atomic E-state index is 12.5. The van der Waals surface area contributed by atoms with E-state index in [1.807, 2.05) is 52.2 Å². The molecule has 2 aromatic heterocycles. The molecule has 6 nitrogen and oxygen atoms in total. The third-order valence-electron chi connectivity index (χ3n) is 4.47. The molecule has 0 N–H and O–H groups in total. The fourth-order valence-electron chi connectivity index (χ4n) is 3.01. The molecular weight excluding hydrogens is 328 g/mol. The number of nitrogens with zero attached hydrogens (tertiary/aromatic N) is 4. The molecule has 1 aromatic carbocycles. The Morgan fingerprint density at radius 1 is 1.08 bits per heavy atom. The quantitative estimate of drug-likeness (QED) is 0.727. The van der Waals surface area contributed by atoms with Crippen LogP contribution in [0, 0.1) is 0 Å². The van der Waals surface area contributed by atoms with E-state index in [0.717, 1.165) is 23.4 Å². The number of pyridine rings is 1. The van der Waals surface area contributed by atoms with Gasteiger partial charge in [0.05, 0.1) is 25.2 Å². The third kappa shape index (κ3) is 3.65. The van der Waals surface area contributed by atoms with Gasteiger partial charge in [0.1, 0.15) is 0 Å². The second-order valence-corrected chi connectivity index (χ2v) is 6.27. The smallest absolute Gasteiger partial charge is 0.254 e. The van der Waals surface area contributed by atoms with Gasteiger partial charge in [-0.05, 0) is 23.8 Å². The first-order valence-electron chi connectivity index (χ1n) is 8.68. The van der Waals surface area contributed by atoms with Gasteiger partial charge in [0.25, 0.3) is 5.91 Å². The minimum atomic E-state index is 0.0588. The summed E-state index contributed by atoms with van der Waals surface area (Å²) in [5.74, 6) is 0.0588. The number of ether oxygens (including phenoxy) is 1. The summed E-state index contributed by atoms with van der Waals surface area (Å²) in [6.45, 7) is 3.28. The Labute approximate surface area is 152 Å². The topological polar surface area (TPSA) is 60.2 Å². The lowest BCUT2D eigenvalue weighted by Crippen LogP contribution is -2.40. The molecule has 1 amide bonds. The van der Waals surface area contributed by atoms with Gasteiger partial charge < -0.3 is 14.2 Å². The molecule has 1 fully saturated rings.